The molecule has 1 fully saturated rings. The van der Waals surface area contributed by atoms with Gasteiger partial charge in [-0.3, -0.25) is 4.90 Å². The number of halogens is 1. The minimum Gasteiger partial charge on any atom is -0.492 e. The van der Waals surface area contributed by atoms with Gasteiger partial charge in [0.05, 0.1) is 0 Å². The summed E-state index contributed by atoms with van der Waals surface area (Å²) >= 11 is 3.48. The summed E-state index contributed by atoms with van der Waals surface area (Å²) in [6.45, 7) is 10.8. The number of benzene rings is 1. The van der Waals surface area contributed by atoms with E-state index in [9.17, 15) is 0 Å². The van der Waals surface area contributed by atoms with Crippen molar-refractivity contribution in [3.63, 3.8) is 0 Å². The lowest BCUT2D eigenvalue weighted by Gasteiger charge is -2.41. The molecule has 0 spiro atoms. The molecule has 0 amide bonds. The van der Waals surface area contributed by atoms with Crippen molar-refractivity contribution in [3.05, 3.63) is 28.7 Å². The summed E-state index contributed by atoms with van der Waals surface area (Å²) in [6, 6.07) is 9.28. The summed E-state index contributed by atoms with van der Waals surface area (Å²) in [7, 11) is 0. The molecule has 2 unspecified atom stereocenters. The molecule has 0 saturated carbocycles. The molecule has 1 heterocycles. The minimum absolute atomic E-state index is 0.596. The van der Waals surface area contributed by atoms with Crippen molar-refractivity contribution >= 4 is 15.9 Å². The molecular formula is C17H27BrN2O. The first-order valence-corrected chi connectivity index (χ1v) is 8.75. The summed E-state index contributed by atoms with van der Waals surface area (Å²) in [5, 5.41) is 3.68. The van der Waals surface area contributed by atoms with Gasteiger partial charge in [-0.1, -0.05) is 42.8 Å². The van der Waals surface area contributed by atoms with E-state index >= 15 is 0 Å². The summed E-state index contributed by atoms with van der Waals surface area (Å²) in [5.74, 6) is 1.62. The quantitative estimate of drug-likeness (QED) is 0.845. The van der Waals surface area contributed by atoms with E-state index in [1.54, 1.807) is 0 Å². The van der Waals surface area contributed by atoms with Crippen molar-refractivity contribution in [2.75, 3.05) is 26.2 Å². The average Bonchev–Trinajstić information content (AvgIpc) is 2.47. The second-order valence-corrected chi connectivity index (χ2v) is 7.04. The van der Waals surface area contributed by atoms with Gasteiger partial charge in [0, 0.05) is 36.2 Å². The van der Waals surface area contributed by atoms with Crippen molar-refractivity contribution in [3.8, 4) is 5.75 Å². The van der Waals surface area contributed by atoms with E-state index in [4.69, 9.17) is 4.74 Å². The van der Waals surface area contributed by atoms with Crippen molar-refractivity contribution in [1.29, 1.82) is 0 Å². The lowest BCUT2D eigenvalue weighted by molar-refractivity contribution is 0.0934. The lowest BCUT2D eigenvalue weighted by Crippen LogP contribution is -2.58. The molecule has 1 saturated heterocycles. The van der Waals surface area contributed by atoms with E-state index in [1.165, 1.54) is 6.42 Å². The number of piperazine rings is 1. The molecule has 118 valence electrons. The van der Waals surface area contributed by atoms with Crippen molar-refractivity contribution < 1.29 is 4.74 Å². The van der Waals surface area contributed by atoms with E-state index in [0.29, 0.717) is 18.0 Å². The van der Waals surface area contributed by atoms with Crippen LogP contribution >= 0.6 is 15.9 Å². The Morgan fingerprint density at radius 2 is 2.24 bits per heavy atom. The van der Waals surface area contributed by atoms with Gasteiger partial charge in [0.15, 0.2) is 0 Å². The van der Waals surface area contributed by atoms with Gasteiger partial charge in [0.1, 0.15) is 12.4 Å². The summed E-state index contributed by atoms with van der Waals surface area (Å²) < 4.78 is 6.95. The normalized spacial score (nSPS) is 23.5. The second kappa shape index (κ2) is 8.16. The second-order valence-electron chi connectivity index (χ2n) is 6.12. The van der Waals surface area contributed by atoms with E-state index in [1.807, 2.05) is 24.3 Å². The van der Waals surface area contributed by atoms with Gasteiger partial charge in [-0.25, -0.2) is 0 Å². The Balaban J connectivity index is 1.84. The van der Waals surface area contributed by atoms with E-state index < -0.39 is 0 Å². The third kappa shape index (κ3) is 4.97. The number of hydrogen-bond donors (Lipinski definition) is 1. The molecule has 2 atom stereocenters. The van der Waals surface area contributed by atoms with Crippen molar-refractivity contribution in [2.24, 2.45) is 5.92 Å². The van der Waals surface area contributed by atoms with Gasteiger partial charge in [0.2, 0.25) is 0 Å². The molecule has 4 heteroatoms. The van der Waals surface area contributed by atoms with Gasteiger partial charge in [-0.2, -0.15) is 0 Å². The molecule has 0 radical (unpaired) electrons. The first-order chi connectivity index (χ1) is 10.1. The van der Waals surface area contributed by atoms with Crippen LogP contribution in [0.4, 0.5) is 0 Å². The Bertz CT molecular complexity index is 439. The van der Waals surface area contributed by atoms with Crippen molar-refractivity contribution in [1.82, 2.24) is 10.2 Å². The van der Waals surface area contributed by atoms with Gasteiger partial charge in [0.25, 0.3) is 0 Å². The van der Waals surface area contributed by atoms with Crippen LogP contribution in [-0.2, 0) is 0 Å². The molecule has 3 nitrogen and oxygen atoms in total. The van der Waals surface area contributed by atoms with E-state index in [-0.39, 0.29) is 0 Å². The fourth-order valence-electron chi connectivity index (χ4n) is 2.84. The maximum atomic E-state index is 5.89. The fourth-order valence-corrected chi connectivity index (χ4v) is 3.22. The molecule has 1 aromatic carbocycles. The number of rotatable bonds is 6. The van der Waals surface area contributed by atoms with Gasteiger partial charge >= 0.3 is 0 Å². The van der Waals surface area contributed by atoms with E-state index in [2.05, 4.69) is 46.9 Å². The van der Waals surface area contributed by atoms with Crippen LogP contribution in [0.1, 0.15) is 27.2 Å². The molecule has 1 N–H and O–H groups in total. The monoisotopic (exact) mass is 354 g/mol. The number of nitrogens with zero attached hydrogens (tertiary/aromatic N) is 1. The predicted octanol–water partition coefficient (Wildman–Crippen LogP) is 3.54. The smallest absolute Gasteiger partial charge is 0.120 e. The minimum atomic E-state index is 0.596. The Hall–Kier alpha value is -0.580. The number of ether oxygens (including phenoxy) is 1. The van der Waals surface area contributed by atoms with Crippen LogP contribution in [0.3, 0.4) is 0 Å². The van der Waals surface area contributed by atoms with Gasteiger partial charge in [-0.15, -0.1) is 0 Å². The van der Waals surface area contributed by atoms with Crippen LogP contribution in [0.15, 0.2) is 28.7 Å². The van der Waals surface area contributed by atoms with Gasteiger partial charge in [-0.05, 0) is 30.5 Å². The molecule has 0 bridgehead atoms. The lowest BCUT2D eigenvalue weighted by atomic mass is 9.98. The highest BCUT2D eigenvalue weighted by atomic mass is 79.9. The molecule has 0 aliphatic carbocycles. The maximum Gasteiger partial charge on any atom is 0.120 e. The highest BCUT2D eigenvalue weighted by molar-refractivity contribution is 9.10. The SMILES string of the molecule is CCC1CNC(C(C)C)CN1CCOc1cccc(Br)c1. The third-order valence-electron chi connectivity index (χ3n) is 4.28. The highest BCUT2D eigenvalue weighted by Gasteiger charge is 2.27. The molecule has 1 aliphatic rings. The molecule has 21 heavy (non-hydrogen) atoms. The summed E-state index contributed by atoms with van der Waals surface area (Å²) in [6.07, 6.45) is 1.19. The Labute approximate surface area is 137 Å². The standard InChI is InChI=1S/C17H27BrN2O/c1-4-15-11-19-17(13(2)3)12-20(15)8-9-21-16-7-5-6-14(18)10-16/h5-7,10,13,15,17,19H,4,8-9,11-12H2,1-3H3. The predicted molar refractivity (Wildman–Crippen MR) is 91.9 cm³/mol. The zero-order chi connectivity index (χ0) is 15.2. The Morgan fingerprint density at radius 3 is 2.90 bits per heavy atom. The number of nitrogens with one attached hydrogen (secondary N) is 1. The van der Waals surface area contributed by atoms with Crippen LogP contribution in [0, 0.1) is 5.92 Å². The fraction of sp³-hybridized carbons (Fsp3) is 0.647. The molecular weight excluding hydrogens is 328 g/mol. The molecule has 1 aliphatic heterocycles. The van der Waals surface area contributed by atoms with Crippen LogP contribution in [0.25, 0.3) is 0 Å². The first-order valence-electron chi connectivity index (χ1n) is 7.96. The van der Waals surface area contributed by atoms with Crippen LogP contribution < -0.4 is 10.1 Å². The van der Waals surface area contributed by atoms with Crippen molar-refractivity contribution in [2.45, 2.75) is 39.3 Å². The van der Waals surface area contributed by atoms with Crippen LogP contribution in [-0.4, -0.2) is 43.2 Å². The molecule has 1 aromatic rings. The zero-order valence-electron chi connectivity index (χ0n) is 13.3. The third-order valence-corrected chi connectivity index (χ3v) is 4.78. The zero-order valence-corrected chi connectivity index (χ0v) is 14.9. The first kappa shape index (κ1) is 16.8. The molecule has 2 rings (SSSR count). The maximum absolute atomic E-state index is 5.89. The topological polar surface area (TPSA) is 24.5 Å². The van der Waals surface area contributed by atoms with Gasteiger partial charge < -0.3 is 10.1 Å². The van der Waals surface area contributed by atoms with E-state index in [0.717, 1.165) is 36.5 Å². The largest absolute Gasteiger partial charge is 0.492 e. The Kier molecular flexibility index (Phi) is 6.52. The Morgan fingerprint density at radius 1 is 1.43 bits per heavy atom. The van der Waals surface area contributed by atoms with Crippen LogP contribution in [0.2, 0.25) is 0 Å². The van der Waals surface area contributed by atoms with Crippen LogP contribution in [0.5, 0.6) is 5.75 Å². The summed E-state index contributed by atoms with van der Waals surface area (Å²) in [4.78, 5) is 2.58. The molecule has 0 aromatic heterocycles. The number of hydrogen-bond acceptors (Lipinski definition) is 3. The summed E-state index contributed by atoms with van der Waals surface area (Å²) in [5.41, 5.74) is 0. The average molecular weight is 355 g/mol. The highest BCUT2D eigenvalue weighted by Crippen LogP contribution is 2.18.